The van der Waals surface area contributed by atoms with E-state index in [4.69, 9.17) is 4.74 Å². The number of carbonyl (C=O) groups excluding carboxylic acids is 2. The topological polar surface area (TPSA) is 67.4 Å². The molecule has 0 spiro atoms. The first-order valence-electron chi connectivity index (χ1n) is 10.4. The van der Waals surface area contributed by atoms with Gasteiger partial charge in [0.2, 0.25) is 11.8 Å². The summed E-state index contributed by atoms with van der Waals surface area (Å²) in [7, 11) is 1.63. The molecule has 5 heteroatoms. The Labute approximate surface area is 172 Å². The van der Waals surface area contributed by atoms with Gasteiger partial charge in [-0.15, -0.1) is 0 Å². The predicted octanol–water partition coefficient (Wildman–Crippen LogP) is 4.32. The predicted molar refractivity (Wildman–Crippen MR) is 115 cm³/mol. The number of rotatable bonds is 7. The summed E-state index contributed by atoms with van der Waals surface area (Å²) in [5.41, 5.74) is 3.14. The molecule has 2 N–H and O–H groups in total. The number of amides is 2. The van der Waals surface area contributed by atoms with Crippen molar-refractivity contribution in [2.75, 3.05) is 12.4 Å². The molecule has 0 heterocycles. The van der Waals surface area contributed by atoms with E-state index in [-0.39, 0.29) is 23.7 Å². The van der Waals surface area contributed by atoms with E-state index in [1.807, 2.05) is 48.5 Å². The summed E-state index contributed by atoms with van der Waals surface area (Å²) in [5, 5.41) is 6.03. The molecule has 1 aliphatic rings. The largest absolute Gasteiger partial charge is 0.497 e. The fourth-order valence-electron chi connectivity index (χ4n) is 3.76. The Morgan fingerprint density at radius 2 is 1.41 bits per heavy atom. The molecule has 2 aromatic carbocycles. The monoisotopic (exact) mass is 394 g/mol. The highest BCUT2D eigenvalue weighted by molar-refractivity contribution is 5.92. The quantitative estimate of drug-likeness (QED) is 0.735. The molecule has 1 aliphatic carbocycles. The Balaban J connectivity index is 1.42. The van der Waals surface area contributed by atoms with Gasteiger partial charge in [-0.2, -0.15) is 0 Å². The lowest BCUT2D eigenvalue weighted by molar-refractivity contribution is -0.128. The molecule has 0 aliphatic heterocycles. The van der Waals surface area contributed by atoms with Gasteiger partial charge in [0.1, 0.15) is 5.75 Å². The maximum absolute atomic E-state index is 12.5. The van der Waals surface area contributed by atoms with E-state index in [9.17, 15) is 9.59 Å². The van der Waals surface area contributed by atoms with Crippen molar-refractivity contribution in [3.8, 4) is 5.75 Å². The number of carbonyl (C=O) groups is 2. The van der Waals surface area contributed by atoms with Crippen LogP contribution in [-0.4, -0.2) is 18.9 Å². The van der Waals surface area contributed by atoms with E-state index < -0.39 is 0 Å². The average Bonchev–Trinajstić information content (AvgIpc) is 2.78. The first-order valence-corrected chi connectivity index (χ1v) is 10.4. The molecule has 0 bridgehead atoms. The van der Waals surface area contributed by atoms with Gasteiger partial charge in [-0.1, -0.05) is 31.2 Å². The molecular formula is C24H30N2O3. The zero-order valence-corrected chi connectivity index (χ0v) is 17.2. The number of hydrogen-bond acceptors (Lipinski definition) is 3. The number of anilines is 1. The van der Waals surface area contributed by atoms with Gasteiger partial charge >= 0.3 is 0 Å². The molecule has 29 heavy (non-hydrogen) atoms. The number of aryl methyl sites for hydroxylation is 1. The van der Waals surface area contributed by atoms with Crippen LogP contribution in [0.15, 0.2) is 48.5 Å². The van der Waals surface area contributed by atoms with Crippen LogP contribution in [0.5, 0.6) is 5.75 Å². The van der Waals surface area contributed by atoms with Crippen LogP contribution in [0.2, 0.25) is 0 Å². The van der Waals surface area contributed by atoms with E-state index >= 15 is 0 Å². The Morgan fingerprint density at radius 1 is 0.862 bits per heavy atom. The number of nitrogens with one attached hydrogen (secondary N) is 2. The molecule has 2 amide bonds. The van der Waals surface area contributed by atoms with Crippen molar-refractivity contribution in [3.63, 3.8) is 0 Å². The van der Waals surface area contributed by atoms with E-state index in [2.05, 4.69) is 17.6 Å². The zero-order chi connectivity index (χ0) is 20.6. The van der Waals surface area contributed by atoms with E-state index in [1.54, 1.807) is 7.11 Å². The van der Waals surface area contributed by atoms with E-state index in [0.717, 1.165) is 49.1 Å². The third-order valence-electron chi connectivity index (χ3n) is 5.72. The lowest BCUT2D eigenvalue weighted by Gasteiger charge is -2.27. The molecule has 0 unspecified atom stereocenters. The van der Waals surface area contributed by atoms with Gasteiger partial charge in [-0.25, -0.2) is 0 Å². The Kier molecular flexibility index (Phi) is 7.28. The van der Waals surface area contributed by atoms with Crippen molar-refractivity contribution in [1.82, 2.24) is 5.32 Å². The highest BCUT2D eigenvalue weighted by Crippen LogP contribution is 2.30. The second-order valence-electron chi connectivity index (χ2n) is 7.65. The molecular weight excluding hydrogens is 364 g/mol. The van der Waals surface area contributed by atoms with Crippen LogP contribution in [0.1, 0.15) is 43.7 Å². The lowest BCUT2D eigenvalue weighted by Crippen LogP contribution is -2.35. The summed E-state index contributed by atoms with van der Waals surface area (Å²) in [6.45, 7) is 2.62. The van der Waals surface area contributed by atoms with Gasteiger partial charge in [0.05, 0.1) is 7.11 Å². The number of ether oxygens (including phenoxy) is 1. The fraction of sp³-hybridized carbons (Fsp3) is 0.417. The van der Waals surface area contributed by atoms with Gasteiger partial charge < -0.3 is 15.4 Å². The summed E-state index contributed by atoms with van der Waals surface area (Å²) in [5.74, 6) is 0.909. The highest BCUT2D eigenvalue weighted by Gasteiger charge is 2.29. The molecule has 5 nitrogen and oxygen atoms in total. The van der Waals surface area contributed by atoms with Gasteiger partial charge in [-0.05, 0) is 67.5 Å². The maximum Gasteiger partial charge on any atom is 0.227 e. The van der Waals surface area contributed by atoms with Gasteiger partial charge in [0, 0.05) is 24.1 Å². The standard InChI is InChI=1S/C24H30N2O3/c1-3-17-4-12-21(13-5-17)26-24(28)20-10-8-19(9-11-20)23(27)25-16-18-6-14-22(29-2)15-7-18/h4-7,12-15,19-20H,3,8-11,16H2,1-2H3,(H,25,27)(H,26,28). The average molecular weight is 395 g/mol. The fourth-order valence-corrected chi connectivity index (χ4v) is 3.76. The molecule has 0 radical (unpaired) electrons. The van der Waals surface area contributed by atoms with Crippen LogP contribution >= 0.6 is 0 Å². The molecule has 1 saturated carbocycles. The summed E-state index contributed by atoms with van der Waals surface area (Å²) in [6, 6.07) is 15.7. The first kappa shape index (κ1) is 20.9. The number of methoxy groups -OCH3 is 1. The molecule has 3 rings (SSSR count). The minimum atomic E-state index is -0.0218. The minimum Gasteiger partial charge on any atom is -0.497 e. The van der Waals surface area contributed by atoms with Crippen molar-refractivity contribution in [2.45, 2.75) is 45.6 Å². The maximum atomic E-state index is 12.5. The van der Waals surface area contributed by atoms with Crippen molar-refractivity contribution < 1.29 is 14.3 Å². The first-order chi connectivity index (χ1) is 14.1. The van der Waals surface area contributed by atoms with Crippen LogP contribution in [0, 0.1) is 11.8 Å². The summed E-state index contributed by atoms with van der Waals surface area (Å²) in [4.78, 5) is 25.0. The zero-order valence-electron chi connectivity index (χ0n) is 17.2. The number of hydrogen-bond donors (Lipinski definition) is 2. The number of benzene rings is 2. The Bertz CT molecular complexity index is 807. The van der Waals surface area contributed by atoms with Crippen LogP contribution in [0.3, 0.4) is 0 Å². The SMILES string of the molecule is CCc1ccc(NC(=O)C2CCC(C(=O)NCc3ccc(OC)cc3)CC2)cc1. The van der Waals surface area contributed by atoms with Gasteiger partial charge in [0.25, 0.3) is 0 Å². The van der Waals surface area contributed by atoms with Crippen LogP contribution in [0.25, 0.3) is 0 Å². The van der Waals surface area contributed by atoms with Gasteiger partial charge in [0.15, 0.2) is 0 Å². The second kappa shape index (κ2) is 10.1. The summed E-state index contributed by atoms with van der Waals surface area (Å²) in [6.07, 6.45) is 3.99. The molecule has 0 saturated heterocycles. The molecule has 2 aromatic rings. The van der Waals surface area contributed by atoms with Crippen molar-refractivity contribution in [2.24, 2.45) is 11.8 Å². The molecule has 1 fully saturated rings. The third kappa shape index (κ3) is 5.83. The summed E-state index contributed by atoms with van der Waals surface area (Å²) < 4.78 is 5.15. The normalized spacial score (nSPS) is 18.7. The Hall–Kier alpha value is -2.82. The molecule has 154 valence electrons. The van der Waals surface area contributed by atoms with Crippen LogP contribution in [0.4, 0.5) is 5.69 Å². The molecule has 0 aromatic heterocycles. The highest BCUT2D eigenvalue weighted by atomic mass is 16.5. The lowest BCUT2D eigenvalue weighted by atomic mass is 9.81. The van der Waals surface area contributed by atoms with Crippen molar-refractivity contribution in [3.05, 3.63) is 59.7 Å². The van der Waals surface area contributed by atoms with E-state index in [1.165, 1.54) is 5.56 Å². The van der Waals surface area contributed by atoms with Crippen molar-refractivity contribution in [1.29, 1.82) is 0 Å². The minimum absolute atomic E-state index is 0.0128. The van der Waals surface area contributed by atoms with E-state index in [0.29, 0.717) is 6.54 Å². The third-order valence-corrected chi connectivity index (χ3v) is 5.72. The van der Waals surface area contributed by atoms with Crippen LogP contribution in [-0.2, 0) is 22.6 Å². The van der Waals surface area contributed by atoms with Crippen molar-refractivity contribution >= 4 is 17.5 Å². The van der Waals surface area contributed by atoms with Gasteiger partial charge in [-0.3, -0.25) is 9.59 Å². The Morgan fingerprint density at radius 3 is 1.97 bits per heavy atom. The summed E-state index contributed by atoms with van der Waals surface area (Å²) >= 11 is 0. The molecule has 0 atom stereocenters. The smallest absolute Gasteiger partial charge is 0.227 e. The second-order valence-corrected chi connectivity index (χ2v) is 7.65. The van der Waals surface area contributed by atoms with Crippen LogP contribution < -0.4 is 15.4 Å².